The van der Waals surface area contributed by atoms with Gasteiger partial charge in [0.25, 0.3) is 0 Å². The van der Waals surface area contributed by atoms with E-state index in [2.05, 4.69) is 15.6 Å². The molecule has 1 saturated carbocycles. The molecule has 2 N–H and O–H groups in total. The van der Waals surface area contributed by atoms with E-state index in [9.17, 15) is 4.79 Å². The van der Waals surface area contributed by atoms with Gasteiger partial charge in [-0.1, -0.05) is 6.42 Å². The first-order valence-electron chi connectivity index (χ1n) is 7.19. The highest BCUT2D eigenvalue weighted by atomic mass is 16.2. The minimum atomic E-state index is 0.0109. The molecule has 1 aromatic heterocycles. The first-order chi connectivity index (χ1) is 9.25. The van der Waals surface area contributed by atoms with Gasteiger partial charge in [-0.05, 0) is 55.8 Å². The van der Waals surface area contributed by atoms with Crippen molar-refractivity contribution in [1.29, 1.82) is 0 Å². The second-order valence-electron chi connectivity index (χ2n) is 5.75. The molecule has 4 unspecified atom stereocenters. The van der Waals surface area contributed by atoms with E-state index in [0.717, 1.165) is 12.1 Å². The molecule has 1 aliphatic carbocycles. The monoisotopic (exact) mass is 259 g/mol. The summed E-state index contributed by atoms with van der Waals surface area (Å²) in [5.41, 5.74) is 1.10. The van der Waals surface area contributed by atoms with Crippen LogP contribution in [0.15, 0.2) is 24.5 Å². The van der Waals surface area contributed by atoms with Gasteiger partial charge in [0.2, 0.25) is 5.91 Å². The molecule has 1 saturated heterocycles. The second kappa shape index (κ2) is 5.29. The lowest BCUT2D eigenvalue weighted by molar-refractivity contribution is -0.124. The molecule has 1 aromatic rings. The van der Waals surface area contributed by atoms with Crippen LogP contribution in [0.5, 0.6) is 0 Å². The highest BCUT2D eigenvalue weighted by Crippen LogP contribution is 2.37. The average Bonchev–Trinajstić information content (AvgIpc) is 3.01. The van der Waals surface area contributed by atoms with Crippen molar-refractivity contribution < 1.29 is 4.79 Å². The van der Waals surface area contributed by atoms with Crippen molar-refractivity contribution in [3.8, 4) is 0 Å². The van der Waals surface area contributed by atoms with Gasteiger partial charge in [0.15, 0.2) is 0 Å². The normalized spacial score (nSPS) is 30.9. The molecule has 1 amide bonds. The molecule has 3 rings (SSSR count). The first kappa shape index (κ1) is 12.6. The maximum absolute atomic E-state index is 12.4. The number of aromatic nitrogens is 1. The summed E-state index contributed by atoms with van der Waals surface area (Å²) in [6, 6.07) is 3.95. The van der Waals surface area contributed by atoms with Crippen LogP contribution in [0.3, 0.4) is 0 Å². The van der Waals surface area contributed by atoms with Crippen LogP contribution in [-0.2, 0) is 4.79 Å². The Bertz CT molecular complexity index is 448. The van der Waals surface area contributed by atoms with Crippen molar-refractivity contribution in [2.24, 2.45) is 11.8 Å². The number of fused-ring (bicyclic) bond motifs is 1. The second-order valence-corrected chi connectivity index (χ2v) is 5.75. The Morgan fingerprint density at radius 3 is 3.00 bits per heavy atom. The van der Waals surface area contributed by atoms with E-state index in [4.69, 9.17) is 0 Å². The third-order valence-electron chi connectivity index (χ3n) is 4.59. The number of carbonyl (C=O) groups excluding carboxylic acids is 1. The molecule has 4 heteroatoms. The Labute approximate surface area is 114 Å². The highest BCUT2D eigenvalue weighted by Gasteiger charge is 2.42. The van der Waals surface area contributed by atoms with Gasteiger partial charge in [0.1, 0.15) is 0 Å². The van der Waals surface area contributed by atoms with Crippen molar-refractivity contribution in [3.63, 3.8) is 0 Å². The lowest BCUT2D eigenvalue weighted by Gasteiger charge is -2.21. The van der Waals surface area contributed by atoms with E-state index in [-0.39, 0.29) is 18.0 Å². The molecule has 4 atom stereocenters. The first-order valence-corrected chi connectivity index (χ1v) is 7.19. The minimum Gasteiger partial charge on any atom is -0.348 e. The average molecular weight is 259 g/mol. The molecule has 0 spiro atoms. The molecule has 2 fully saturated rings. The predicted octanol–water partition coefficient (Wildman–Crippen LogP) is 1.65. The maximum Gasteiger partial charge on any atom is 0.237 e. The van der Waals surface area contributed by atoms with E-state index in [0.29, 0.717) is 11.8 Å². The number of hydrogen-bond donors (Lipinski definition) is 2. The summed E-state index contributed by atoms with van der Waals surface area (Å²) in [6.07, 6.45) is 7.28. The summed E-state index contributed by atoms with van der Waals surface area (Å²) in [5, 5.41) is 6.51. The summed E-state index contributed by atoms with van der Waals surface area (Å²) in [7, 11) is 0. The zero-order valence-corrected chi connectivity index (χ0v) is 11.3. The van der Waals surface area contributed by atoms with Crippen molar-refractivity contribution in [2.45, 2.75) is 38.3 Å². The quantitative estimate of drug-likeness (QED) is 0.868. The number of nitrogens with zero attached hydrogens (tertiary/aromatic N) is 1. The van der Waals surface area contributed by atoms with Crippen LogP contribution in [0, 0.1) is 11.8 Å². The third kappa shape index (κ3) is 2.50. The van der Waals surface area contributed by atoms with Gasteiger partial charge in [0, 0.05) is 12.4 Å². The maximum atomic E-state index is 12.4. The Morgan fingerprint density at radius 1 is 1.42 bits per heavy atom. The van der Waals surface area contributed by atoms with Crippen LogP contribution in [0.2, 0.25) is 0 Å². The van der Waals surface area contributed by atoms with Crippen molar-refractivity contribution in [2.75, 3.05) is 6.54 Å². The molecular weight excluding hydrogens is 238 g/mol. The number of nitrogens with one attached hydrogen (secondary N) is 2. The van der Waals surface area contributed by atoms with Gasteiger partial charge in [-0.3, -0.25) is 9.78 Å². The third-order valence-corrected chi connectivity index (χ3v) is 4.59. The number of carbonyl (C=O) groups is 1. The number of amides is 1. The molecular formula is C15H21N3O. The van der Waals surface area contributed by atoms with Crippen molar-refractivity contribution in [3.05, 3.63) is 30.1 Å². The van der Waals surface area contributed by atoms with Crippen LogP contribution in [0.1, 0.15) is 37.8 Å². The van der Waals surface area contributed by atoms with Crippen LogP contribution in [0.25, 0.3) is 0 Å². The van der Waals surface area contributed by atoms with E-state index in [1.807, 2.05) is 19.1 Å². The zero-order chi connectivity index (χ0) is 13.2. The lowest BCUT2D eigenvalue weighted by atomic mass is 9.93. The van der Waals surface area contributed by atoms with Crippen LogP contribution in [0.4, 0.5) is 0 Å². The summed E-state index contributed by atoms with van der Waals surface area (Å²) >= 11 is 0. The van der Waals surface area contributed by atoms with Gasteiger partial charge >= 0.3 is 0 Å². The molecule has 19 heavy (non-hydrogen) atoms. The molecule has 1 aliphatic heterocycles. The smallest absolute Gasteiger partial charge is 0.237 e. The van der Waals surface area contributed by atoms with Gasteiger partial charge in [-0.25, -0.2) is 0 Å². The number of pyridine rings is 1. The zero-order valence-electron chi connectivity index (χ0n) is 11.3. The minimum absolute atomic E-state index is 0.0109. The SMILES string of the molecule is CC(NC(=O)C1NCC2CCCC21)c1ccncc1. The van der Waals surface area contributed by atoms with Gasteiger partial charge < -0.3 is 10.6 Å². The van der Waals surface area contributed by atoms with Gasteiger partial charge in [-0.15, -0.1) is 0 Å². The lowest BCUT2D eigenvalue weighted by Crippen LogP contribution is -2.44. The predicted molar refractivity (Wildman–Crippen MR) is 73.4 cm³/mol. The Balaban J connectivity index is 1.62. The molecule has 2 heterocycles. The van der Waals surface area contributed by atoms with Gasteiger partial charge in [0.05, 0.1) is 12.1 Å². The topological polar surface area (TPSA) is 54.0 Å². The highest BCUT2D eigenvalue weighted by molar-refractivity contribution is 5.83. The fourth-order valence-electron chi connectivity index (χ4n) is 3.51. The summed E-state index contributed by atoms with van der Waals surface area (Å²) in [5.74, 6) is 1.41. The van der Waals surface area contributed by atoms with Crippen molar-refractivity contribution in [1.82, 2.24) is 15.6 Å². The molecule has 0 bridgehead atoms. The summed E-state index contributed by atoms with van der Waals surface area (Å²) in [4.78, 5) is 16.4. The number of hydrogen-bond acceptors (Lipinski definition) is 3. The molecule has 0 radical (unpaired) electrons. The van der Waals surface area contributed by atoms with E-state index in [1.54, 1.807) is 12.4 Å². The Hall–Kier alpha value is -1.42. The van der Waals surface area contributed by atoms with Crippen LogP contribution < -0.4 is 10.6 Å². The summed E-state index contributed by atoms with van der Waals surface area (Å²) < 4.78 is 0. The molecule has 4 nitrogen and oxygen atoms in total. The van der Waals surface area contributed by atoms with E-state index < -0.39 is 0 Å². The van der Waals surface area contributed by atoms with E-state index >= 15 is 0 Å². The standard InChI is InChI=1S/C15H21N3O/c1-10(11-5-7-16-8-6-11)18-15(19)14-13-4-2-3-12(13)9-17-14/h5-8,10,12-14,17H,2-4,9H2,1H3,(H,18,19). The van der Waals surface area contributed by atoms with Gasteiger partial charge in [-0.2, -0.15) is 0 Å². The fraction of sp³-hybridized carbons (Fsp3) is 0.600. The molecule has 102 valence electrons. The van der Waals surface area contributed by atoms with E-state index in [1.165, 1.54) is 19.3 Å². The van der Waals surface area contributed by atoms with Crippen molar-refractivity contribution >= 4 is 5.91 Å². The summed E-state index contributed by atoms with van der Waals surface area (Å²) in [6.45, 7) is 3.03. The van der Waals surface area contributed by atoms with Crippen LogP contribution >= 0.6 is 0 Å². The Morgan fingerprint density at radius 2 is 2.21 bits per heavy atom. The van der Waals surface area contributed by atoms with Crippen LogP contribution in [-0.4, -0.2) is 23.5 Å². The number of rotatable bonds is 3. The largest absolute Gasteiger partial charge is 0.348 e. The Kier molecular flexibility index (Phi) is 3.51. The fourth-order valence-corrected chi connectivity index (χ4v) is 3.51. The molecule has 0 aromatic carbocycles. The molecule has 2 aliphatic rings.